The van der Waals surface area contributed by atoms with Crippen molar-refractivity contribution in [2.75, 3.05) is 0 Å². The van der Waals surface area contributed by atoms with Crippen molar-refractivity contribution in [1.29, 1.82) is 0 Å². The van der Waals surface area contributed by atoms with Crippen molar-refractivity contribution in [1.82, 2.24) is 30.4 Å². The van der Waals surface area contributed by atoms with Gasteiger partial charge in [-0.15, -0.1) is 5.10 Å². The molecule has 1 aliphatic heterocycles. The number of carbonyl (C=O) groups is 2. The number of amides is 3. The van der Waals surface area contributed by atoms with Gasteiger partial charge in [0.1, 0.15) is 5.54 Å². The molecule has 1 fully saturated rings. The lowest BCUT2D eigenvalue weighted by atomic mass is 9.88. The molecule has 32 heavy (non-hydrogen) atoms. The van der Waals surface area contributed by atoms with Crippen LogP contribution in [0.25, 0.3) is 16.5 Å². The number of aromatic nitrogens is 4. The van der Waals surface area contributed by atoms with Crippen LogP contribution in [0.15, 0.2) is 60.7 Å². The zero-order valence-electron chi connectivity index (χ0n) is 18.0. The van der Waals surface area contributed by atoms with Crippen molar-refractivity contribution in [2.45, 2.75) is 32.9 Å². The van der Waals surface area contributed by atoms with E-state index in [0.29, 0.717) is 5.82 Å². The molecule has 1 aromatic heterocycles. The number of carbonyl (C=O) groups excluding carboxylic acids is 2. The third kappa shape index (κ3) is 2.95. The van der Waals surface area contributed by atoms with Crippen LogP contribution >= 0.6 is 0 Å². The molecule has 0 aliphatic carbocycles. The van der Waals surface area contributed by atoms with Crippen molar-refractivity contribution in [3.63, 3.8) is 0 Å². The number of nitrogens with zero attached hydrogens (tertiary/aromatic N) is 5. The zero-order chi connectivity index (χ0) is 22.5. The van der Waals surface area contributed by atoms with Gasteiger partial charge in [-0.1, -0.05) is 60.7 Å². The quantitative estimate of drug-likeness (QED) is 0.505. The molecule has 0 saturated carbocycles. The zero-order valence-corrected chi connectivity index (χ0v) is 18.0. The second kappa shape index (κ2) is 7.26. The predicted molar refractivity (Wildman–Crippen MR) is 119 cm³/mol. The molecule has 0 spiro atoms. The number of rotatable bonds is 4. The molecule has 1 aliphatic rings. The molecule has 2 heterocycles. The van der Waals surface area contributed by atoms with E-state index in [1.165, 1.54) is 4.90 Å². The molecule has 4 aromatic rings. The minimum absolute atomic E-state index is 0.0359. The molecular formula is C24H22N6O2. The first-order chi connectivity index (χ1) is 15.4. The molecule has 160 valence electrons. The Morgan fingerprint density at radius 2 is 1.62 bits per heavy atom. The summed E-state index contributed by atoms with van der Waals surface area (Å²) in [7, 11) is 0. The van der Waals surface area contributed by atoms with Gasteiger partial charge >= 0.3 is 6.03 Å². The van der Waals surface area contributed by atoms with Gasteiger partial charge in [0.15, 0.2) is 5.82 Å². The van der Waals surface area contributed by atoms with Crippen LogP contribution in [0.2, 0.25) is 0 Å². The molecule has 3 aromatic carbocycles. The van der Waals surface area contributed by atoms with Gasteiger partial charge < -0.3 is 5.32 Å². The molecule has 8 heteroatoms. The van der Waals surface area contributed by atoms with E-state index in [-0.39, 0.29) is 12.5 Å². The van der Waals surface area contributed by atoms with E-state index in [9.17, 15) is 9.59 Å². The number of urea groups is 1. The van der Waals surface area contributed by atoms with E-state index in [2.05, 4.69) is 20.8 Å². The third-order valence-electron chi connectivity index (χ3n) is 6.09. The van der Waals surface area contributed by atoms with E-state index >= 15 is 0 Å². The Bertz CT molecular complexity index is 1350. The van der Waals surface area contributed by atoms with E-state index in [1.54, 1.807) is 11.6 Å². The van der Waals surface area contributed by atoms with Crippen LogP contribution in [0.4, 0.5) is 4.79 Å². The smallest absolute Gasteiger partial charge is 0.319 e. The molecule has 8 nitrogen and oxygen atoms in total. The largest absolute Gasteiger partial charge is 0.325 e. The summed E-state index contributed by atoms with van der Waals surface area (Å²) in [6.45, 7) is 5.65. The summed E-state index contributed by atoms with van der Waals surface area (Å²) in [4.78, 5) is 27.7. The van der Waals surface area contributed by atoms with Gasteiger partial charge in [0.2, 0.25) is 0 Å². The van der Waals surface area contributed by atoms with E-state index in [1.807, 2.05) is 74.5 Å². The maximum atomic E-state index is 13.6. The Hall–Kier alpha value is -4.07. The van der Waals surface area contributed by atoms with Gasteiger partial charge in [0.05, 0.1) is 12.2 Å². The molecule has 1 unspecified atom stereocenters. The molecule has 1 atom stereocenters. The highest BCUT2D eigenvalue weighted by Crippen LogP contribution is 2.34. The van der Waals surface area contributed by atoms with Crippen LogP contribution in [0.1, 0.15) is 29.4 Å². The topological polar surface area (TPSA) is 93.0 Å². The number of hydrogen-bond acceptors (Lipinski definition) is 5. The summed E-state index contributed by atoms with van der Waals surface area (Å²) in [5.74, 6) is 0.0722. The van der Waals surface area contributed by atoms with E-state index < -0.39 is 11.6 Å². The average molecular weight is 426 g/mol. The minimum atomic E-state index is -1.19. The summed E-state index contributed by atoms with van der Waals surface area (Å²) < 4.78 is 1.60. The SMILES string of the molecule is Cc1cccc(C)c1-n1nnnc1CN1C(=O)NC(C)(c2cccc3ccccc23)C1=O. The van der Waals surface area contributed by atoms with Crippen molar-refractivity contribution >= 4 is 22.7 Å². The molecule has 3 amide bonds. The molecule has 1 N–H and O–H groups in total. The maximum Gasteiger partial charge on any atom is 0.325 e. The van der Waals surface area contributed by atoms with Crippen LogP contribution in [0, 0.1) is 13.8 Å². The number of para-hydroxylation sites is 1. The summed E-state index contributed by atoms with van der Waals surface area (Å²) in [5, 5.41) is 16.9. The number of benzene rings is 3. The number of aryl methyl sites for hydroxylation is 2. The molecule has 1 saturated heterocycles. The number of fused-ring (bicyclic) bond motifs is 1. The normalized spacial score (nSPS) is 18.4. The van der Waals surface area contributed by atoms with Crippen LogP contribution in [0.3, 0.4) is 0 Å². The average Bonchev–Trinajstić information content (AvgIpc) is 3.32. The molecule has 0 radical (unpaired) electrons. The van der Waals surface area contributed by atoms with Crippen LogP contribution < -0.4 is 5.32 Å². The Labute approximate surface area is 184 Å². The van der Waals surface area contributed by atoms with Gasteiger partial charge in [0.25, 0.3) is 5.91 Å². The fraction of sp³-hybridized carbons (Fsp3) is 0.208. The monoisotopic (exact) mass is 426 g/mol. The first-order valence-electron chi connectivity index (χ1n) is 10.4. The second-order valence-electron chi connectivity index (χ2n) is 8.22. The highest BCUT2D eigenvalue weighted by Gasteiger charge is 2.50. The standard InChI is InChI=1S/C24H22N6O2/c1-15-8-6-9-16(2)21(15)30-20(26-27-28-30)14-29-22(31)24(3,25-23(29)32)19-13-7-11-17-10-4-5-12-18(17)19/h4-13H,14H2,1-3H3,(H,25,32). The van der Waals surface area contributed by atoms with Crippen molar-refractivity contribution < 1.29 is 9.59 Å². The first kappa shape index (κ1) is 19.9. The molecule has 5 rings (SSSR count). The van der Waals surface area contributed by atoms with Crippen molar-refractivity contribution in [2.24, 2.45) is 0 Å². The highest BCUT2D eigenvalue weighted by atomic mass is 16.2. The number of nitrogens with one attached hydrogen (secondary N) is 1. The summed E-state index contributed by atoms with van der Waals surface area (Å²) in [5.41, 5.74) is 2.41. The third-order valence-corrected chi connectivity index (χ3v) is 6.09. The van der Waals surface area contributed by atoms with E-state index in [0.717, 1.165) is 33.2 Å². The van der Waals surface area contributed by atoms with Gasteiger partial charge in [-0.3, -0.25) is 9.69 Å². The number of hydrogen-bond donors (Lipinski definition) is 1. The van der Waals surface area contributed by atoms with Crippen LogP contribution in [-0.2, 0) is 16.9 Å². The highest BCUT2D eigenvalue weighted by molar-refractivity contribution is 6.09. The predicted octanol–water partition coefficient (Wildman–Crippen LogP) is 3.40. The van der Waals surface area contributed by atoms with Gasteiger partial charge in [0, 0.05) is 0 Å². The summed E-state index contributed by atoms with van der Waals surface area (Å²) in [6, 6.07) is 19.0. The lowest BCUT2D eigenvalue weighted by Crippen LogP contribution is -2.41. The van der Waals surface area contributed by atoms with Gasteiger partial charge in [-0.25, -0.2) is 4.79 Å². The van der Waals surface area contributed by atoms with Crippen molar-refractivity contribution in [3.8, 4) is 5.69 Å². The lowest BCUT2D eigenvalue weighted by Gasteiger charge is -2.24. The fourth-order valence-electron chi connectivity index (χ4n) is 4.44. The number of tetrazole rings is 1. The maximum absolute atomic E-state index is 13.6. The lowest BCUT2D eigenvalue weighted by molar-refractivity contribution is -0.131. The Morgan fingerprint density at radius 1 is 0.938 bits per heavy atom. The van der Waals surface area contributed by atoms with Crippen molar-refractivity contribution in [3.05, 3.63) is 83.2 Å². The Balaban J connectivity index is 1.52. The van der Waals surface area contributed by atoms with E-state index in [4.69, 9.17) is 0 Å². The second-order valence-corrected chi connectivity index (χ2v) is 8.22. The van der Waals surface area contributed by atoms with Gasteiger partial charge in [-0.2, -0.15) is 4.68 Å². The first-order valence-corrected chi connectivity index (χ1v) is 10.4. The molecule has 0 bridgehead atoms. The summed E-state index contributed by atoms with van der Waals surface area (Å²) >= 11 is 0. The number of imide groups is 1. The summed E-state index contributed by atoms with van der Waals surface area (Å²) in [6.07, 6.45) is 0. The van der Waals surface area contributed by atoms with Gasteiger partial charge in [-0.05, 0) is 58.7 Å². The molecular weight excluding hydrogens is 404 g/mol. The minimum Gasteiger partial charge on any atom is -0.319 e. The van der Waals surface area contributed by atoms with Crippen LogP contribution in [-0.4, -0.2) is 37.0 Å². The Morgan fingerprint density at radius 3 is 2.41 bits per heavy atom. The fourth-order valence-corrected chi connectivity index (χ4v) is 4.44. The Kier molecular flexibility index (Phi) is 4.51. The van der Waals surface area contributed by atoms with Crippen LogP contribution in [0.5, 0.6) is 0 Å².